The minimum atomic E-state index is -3.51. The number of sulfonamides is 1. The molecule has 27 heavy (non-hydrogen) atoms. The smallest absolute Gasteiger partial charge is 0.282 e. The van der Waals surface area contributed by atoms with Crippen LogP contribution in [0.25, 0.3) is 0 Å². The molecule has 2 N–H and O–H groups in total. The van der Waals surface area contributed by atoms with Crippen molar-refractivity contribution in [1.29, 1.82) is 0 Å². The Hall–Kier alpha value is -1.44. The van der Waals surface area contributed by atoms with Gasteiger partial charge in [-0.3, -0.25) is 4.79 Å². The molecule has 1 aromatic carbocycles. The molecule has 1 saturated carbocycles. The lowest BCUT2D eigenvalue weighted by molar-refractivity contribution is -0.924. The highest BCUT2D eigenvalue weighted by Crippen LogP contribution is 2.32. The van der Waals surface area contributed by atoms with Crippen LogP contribution in [0.5, 0.6) is 0 Å². The van der Waals surface area contributed by atoms with E-state index in [-0.39, 0.29) is 16.8 Å². The fourth-order valence-electron chi connectivity index (χ4n) is 4.52. The van der Waals surface area contributed by atoms with Crippen molar-refractivity contribution in [3.8, 4) is 0 Å². The summed E-state index contributed by atoms with van der Waals surface area (Å²) in [6.07, 6.45) is 6.55. The van der Waals surface area contributed by atoms with Crippen molar-refractivity contribution in [2.24, 2.45) is 11.8 Å². The maximum absolute atomic E-state index is 12.8. The summed E-state index contributed by atoms with van der Waals surface area (Å²) >= 11 is 0. The zero-order valence-electron chi connectivity index (χ0n) is 16.6. The minimum Gasteiger partial charge on any atom is -0.325 e. The third kappa shape index (κ3) is 4.52. The van der Waals surface area contributed by atoms with Gasteiger partial charge in [-0.25, -0.2) is 12.7 Å². The monoisotopic (exact) mass is 394 g/mol. The molecule has 3 rings (SSSR count). The summed E-state index contributed by atoms with van der Waals surface area (Å²) in [5, 5.41) is 2.92. The van der Waals surface area contributed by atoms with E-state index in [2.05, 4.69) is 5.32 Å². The molecule has 2 aliphatic rings. The average Bonchev–Trinajstić information content (AvgIpc) is 2.67. The molecular weight excluding hydrogens is 362 g/mol. The number of hydrogen-bond acceptors (Lipinski definition) is 3. The Kier molecular flexibility index (Phi) is 6.23. The van der Waals surface area contributed by atoms with E-state index in [9.17, 15) is 13.2 Å². The summed E-state index contributed by atoms with van der Waals surface area (Å²) in [6, 6.07) is 6.34. The quantitative estimate of drug-likeness (QED) is 0.792. The largest absolute Gasteiger partial charge is 0.325 e. The number of nitrogens with zero attached hydrogens (tertiary/aromatic N) is 1. The average molecular weight is 395 g/mol. The molecule has 1 amide bonds. The fourth-order valence-corrected chi connectivity index (χ4v) is 5.47. The van der Waals surface area contributed by atoms with Crippen LogP contribution in [0.15, 0.2) is 29.2 Å². The van der Waals surface area contributed by atoms with Gasteiger partial charge in [0.15, 0.2) is 6.04 Å². The highest BCUT2D eigenvalue weighted by molar-refractivity contribution is 7.89. The molecule has 0 spiro atoms. The van der Waals surface area contributed by atoms with Crippen LogP contribution in [0.2, 0.25) is 0 Å². The van der Waals surface area contributed by atoms with Gasteiger partial charge in [-0.05, 0) is 50.3 Å². The summed E-state index contributed by atoms with van der Waals surface area (Å²) in [5.74, 6) is 1.57. The van der Waals surface area contributed by atoms with Crippen LogP contribution in [0.3, 0.4) is 0 Å². The second-order valence-corrected chi connectivity index (χ2v) is 10.4. The topological polar surface area (TPSA) is 70.9 Å². The first kappa shape index (κ1) is 20.3. The molecule has 0 radical (unpaired) electrons. The number of hydrogen-bond donors (Lipinski definition) is 2. The van der Waals surface area contributed by atoms with E-state index in [1.807, 2.05) is 6.92 Å². The van der Waals surface area contributed by atoms with Crippen molar-refractivity contribution >= 4 is 21.6 Å². The van der Waals surface area contributed by atoms with Crippen LogP contribution >= 0.6 is 0 Å². The van der Waals surface area contributed by atoms with Crippen LogP contribution in [0.1, 0.15) is 39.0 Å². The van der Waals surface area contributed by atoms with Crippen molar-refractivity contribution in [1.82, 2.24) is 4.31 Å². The van der Waals surface area contributed by atoms with Gasteiger partial charge in [-0.1, -0.05) is 18.9 Å². The Morgan fingerprint density at radius 2 is 1.89 bits per heavy atom. The third-order valence-corrected chi connectivity index (χ3v) is 8.12. The molecular formula is C20H32N3O3S+. The van der Waals surface area contributed by atoms with E-state index in [0.717, 1.165) is 24.9 Å². The van der Waals surface area contributed by atoms with Crippen LogP contribution in [0, 0.1) is 11.8 Å². The van der Waals surface area contributed by atoms with Crippen molar-refractivity contribution < 1.29 is 18.1 Å². The maximum atomic E-state index is 12.8. The first-order valence-electron chi connectivity index (χ1n) is 9.97. The molecule has 2 fully saturated rings. The number of fused-ring (bicyclic) bond motifs is 1. The van der Waals surface area contributed by atoms with Gasteiger partial charge in [0.1, 0.15) is 0 Å². The summed E-state index contributed by atoms with van der Waals surface area (Å²) in [6.45, 7) is 4.10. The van der Waals surface area contributed by atoms with E-state index in [1.165, 1.54) is 61.5 Å². The summed E-state index contributed by atoms with van der Waals surface area (Å²) in [5.41, 5.74) is 0.529. The number of anilines is 1. The number of nitrogens with one attached hydrogen (secondary N) is 2. The van der Waals surface area contributed by atoms with Crippen molar-refractivity contribution in [3.05, 3.63) is 24.3 Å². The first-order valence-corrected chi connectivity index (χ1v) is 11.4. The SMILES string of the molecule is C[C@H](C(=O)Nc1cccc(S(=O)(=O)N(C)C)c1)[NH+]1CC[C@@H]2CCCC[C@@H]2C1. The van der Waals surface area contributed by atoms with Crippen molar-refractivity contribution in [2.45, 2.75) is 50.0 Å². The lowest BCUT2D eigenvalue weighted by atomic mass is 9.75. The van der Waals surface area contributed by atoms with E-state index < -0.39 is 10.0 Å². The Bertz CT molecular complexity index is 778. The lowest BCUT2D eigenvalue weighted by Crippen LogP contribution is -3.18. The fraction of sp³-hybridized carbons (Fsp3) is 0.650. The number of benzene rings is 1. The number of piperidine rings is 1. The Morgan fingerprint density at radius 3 is 2.59 bits per heavy atom. The first-order chi connectivity index (χ1) is 12.8. The number of amides is 1. The van der Waals surface area contributed by atoms with Gasteiger partial charge in [-0.2, -0.15) is 0 Å². The zero-order chi connectivity index (χ0) is 19.6. The predicted molar refractivity (Wildman–Crippen MR) is 106 cm³/mol. The van der Waals surface area contributed by atoms with Crippen LogP contribution in [-0.2, 0) is 14.8 Å². The van der Waals surface area contributed by atoms with Gasteiger partial charge < -0.3 is 10.2 Å². The molecule has 6 nitrogen and oxygen atoms in total. The third-order valence-electron chi connectivity index (χ3n) is 6.31. The van der Waals surface area contributed by atoms with E-state index in [1.54, 1.807) is 18.2 Å². The molecule has 4 atom stereocenters. The van der Waals surface area contributed by atoms with Gasteiger partial charge in [-0.15, -0.1) is 0 Å². The highest BCUT2D eigenvalue weighted by Gasteiger charge is 2.37. The number of carbonyl (C=O) groups excluding carboxylic acids is 1. The molecule has 1 unspecified atom stereocenters. The minimum absolute atomic E-state index is 0.0429. The van der Waals surface area contributed by atoms with Crippen molar-refractivity contribution in [3.63, 3.8) is 0 Å². The predicted octanol–water partition coefficient (Wildman–Crippen LogP) is 1.36. The standard InChI is InChI=1S/C20H31N3O3S/c1-15(23-12-11-16-7-4-5-8-17(16)14-23)20(24)21-18-9-6-10-19(13-18)27(25,26)22(2)3/h6,9-10,13,15-17H,4-5,7-8,11-12,14H2,1-3H3,(H,21,24)/p+1/t15-,16+,17-/m1/s1. The molecule has 150 valence electrons. The molecule has 1 aromatic rings. The second kappa shape index (κ2) is 8.29. The molecule has 1 aliphatic carbocycles. The van der Waals surface area contributed by atoms with E-state index >= 15 is 0 Å². The molecule has 7 heteroatoms. The molecule has 1 saturated heterocycles. The molecule has 1 heterocycles. The van der Waals surface area contributed by atoms with Gasteiger partial charge in [0.25, 0.3) is 5.91 Å². The molecule has 0 bridgehead atoms. The molecule has 1 aliphatic heterocycles. The van der Waals surface area contributed by atoms with E-state index in [0.29, 0.717) is 5.69 Å². The van der Waals surface area contributed by atoms with Crippen LogP contribution in [0.4, 0.5) is 5.69 Å². The Balaban J connectivity index is 1.65. The van der Waals surface area contributed by atoms with Crippen LogP contribution < -0.4 is 10.2 Å². The zero-order valence-corrected chi connectivity index (χ0v) is 17.4. The van der Waals surface area contributed by atoms with Crippen molar-refractivity contribution in [2.75, 3.05) is 32.5 Å². The van der Waals surface area contributed by atoms with Gasteiger partial charge in [0.2, 0.25) is 10.0 Å². The summed E-state index contributed by atoms with van der Waals surface area (Å²) < 4.78 is 25.8. The lowest BCUT2D eigenvalue weighted by Gasteiger charge is -2.40. The van der Waals surface area contributed by atoms with Gasteiger partial charge >= 0.3 is 0 Å². The summed E-state index contributed by atoms with van der Waals surface area (Å²) in [4.78, 5) is 14.3. The maximum Gasteiger partial charge on any atom is 0.282 e. The Labute approximate surface area is 163 Å². The number of likely N-dealkylation sites (tertiary alicyclic amines) is 1. The van der Waals surface area contributed by atoms with Gasteiger partial charge in [0.05, 0.1) is 18.0 Å². The van der Waals surface area contributed by atoms with Crippen LogP contribution in [-0.4, -0.2) is 51.9 Å². The highest BCUT2D eigenvalue weighted by atomic mass is 32.2. The summed E-state index contributed by atoms with van der Waals surface area (Å²) in [7, 11) is -0.511. The van der Waals surface area contributed by atoms with Gasteiger partial charge in [0, 0.05) is 25.7 Å². The number of quaternary nitrogens is 1. The molecule has 0 aromatic heterocycles. The Morgan fingerprint density at radius 1 is 1.19 bits per heavy atom. The van der Waals surface area contributed by atoms with E-state index in [4.69, 9.17) is 0 Å². The number of rotatable bonds is 5. The normalized spacial score (nSPS) is 27.0. The number of carbonyl (C=O) groups is 1. The second-order valence-electron chi connectivity index (χ2n) is 8.23.